The lowest BCUT2D eigenvalue weighted by molar-refractivity contribution is -0.146. The lowest BCUT2D eigenvalue weighted by Gasteiger charge is -2.28. The minimum absolute atomic E-state index is 0.298. The van der Waals surface area contributed by atoms with Crippen molar-refractivity contribution in [3.05, 3.63) is 17.0 Å². The predicted octanol–water partition coefficient (Wildman–Crippen LogP) is 3.53. The van der Waals surface area contributed by atoms with E-state index in [0.717, 1.165) is 0 Å². The number of alkyl halides is 7. The van der Waals surface area contributed by atoms with Gasteiger partial charge in [-0.2, -0.15) is 18.3 Å². The van der Waals surface area contributed by atoms with Crippen LogP contribution in [0, 0.1) is 0 Å². The molecule has 2 aliphatic rings. The average Bonchev–Trinajstić information content (AvgIpc) is 2.84. The largest absolute Gasteiger partial charge is 0.435 e. The molecule has 130 valence electrons. The molecule has 0 saturated heterocycles. The van der Waals surface area contributed by atoms with Crippen molar-refractivity contribution >= 4 is 0 Å². The molecule has 3 nitrogen and oxygen atoms in total. The van der Waals surface area contributed by atoms with Crippen molar-refractivity contribution in [3.8, 4) is 0 Å². The highest BCUT2D eigenvalue weighted by atomic mass is 19.4. The van der Waals surface area contributed by atoms with E-state index in [-0.39, 0.29) is 19.3 Å². The fraction of sp³-hybridized carbons (Fsp3) is 0.769. The Morgan fingerprint density at radius 3 is 2.17 bits per heavy atom. The molecule has 3 unspecified atom stereocenters. The number of aliphatic hydroxyl groups excluding tert-OH is 1. The first kappa shape index (κ1) is 16.5. The minimum Gasteiger partial charge on any atom is -0.382 e. The number of nitrogens with zero attached hydrogens (tertiary/aromatic N) is 2. The second-order valence-electron chi connectivity index (χ2n) is 6.05. The zero-order valence-electron chi connectivity index (χ0n) is 11.6. The van der Waals surface area contributed by atoms with Gasteiger partial charge in [-0.15, -0.1) is 0 Å². The van der Waals surface area contributed by atoms with Gasteiger partial charge in [-0.05, 0) is 0 Å². The van der Waals surface area contributed by atoms with Crippen molar-refractivity contribution in [2.24, 2.45) is 0 Å². The highest BCUT2D eigenvalue weighted by Crippen LogP contribution is 2.49. The molecule has 3 atom stereocenters. The molecule has 2 aliphatic carbocycles. The molecule has 0 radical (unpaired) electrons. The Bertz CT molecular complexity index is 602. The number of halogens is 7. The predicted molar refractivity (Wildman–Crippen MR) is 63.5 cm³/mol. The zero-order chi connectivity index (χ0) is 17.2. The third-order valence-electron chi connectivity index (χ3n) is 4.31. The van der Waals surface area contributed by atoms with Crippen LogP contribution < -0.4 is 0 Å². The van der Waals surface area contributed by atoms with Crippen molar-refractivity contribution in [1.29, 1.82) is 0 Å². The van der Waals surface area contributed by atoms with Crippen LogP contribution in [-0.4, -0.2) is 33.2 Å². The second kappa shape index (κ2) is 5.09. The molecule has 23 heavy (non-hydrogen) atoms. The fourth-order valence-corrected chi connectivity index (χ4v) is 3.34. The Morgan fingerprint density at radius 2 is 1.65 bits per heavy atom. The number of aliphatic hydroxyl groups is 1. The van der Waals surface area contributed by atoms with Gasteiger partial charge in [0, 0.05) is 24.8 Å². The first-order chi connectivity index (χ1) is 10.5. The quantitative estimate of drug-likeness (QED) is 0.790. The third kappa shape index (κ3) is 2.70. The third-order valence-corrected chi connectivity index (χ3v) is 4.31. The normalized spacial score (nSPS) is 33.7. The number of fused-ring (bicyclic) bond motifs is 1. The summed E-state index contributed by atoms with van der Waals surface area (Å²) in [6.07, 6.45) is -12.9. The molecule has 3 rings (SSSR count). The summed E-state index contributed by atoms with van der Waals surface area (Å²) in [7, 11) is 0. The van der Waals surface area contributed by atoms with Gasteiger partial charge in [0.1, 0.15) is 18.4 Å². The number of hydrogen-bond acceptors (Lipinski definition) is 2. The molecule has 10 heteroatoms. The first-order valence-corrected chi connectivity index (χ1v) is 7.03. The van der Waals surface area contributed by atoms with Crippen LogP contribution in [0.5, 0.6) is 0 Å². The highest BCUT2D eigenvalue weighted by Gasteiger charge is 2.55. The number of hydrogen-bond donors (Lipinski definition) is 1. The van der Waals surface area contributed by atoms with Gasteiger partial charge in [-0.25, -0.2) is 17.6 Å². The monoisotopic (exact) mass is 346 g/mol. The molecule has 1 fully saturated rings. The molecule has 0 amide bonds. The maximum absolute atomic E-state index is 13.6. The van der Waals surface area contributed by atoms with E-state index >= 15 is 0 Å². The van der Waals surface area contributed by atoms with E-state index in [4.69, 9.17) is 0 Å². The van der Waals surface area contributed by atoms with Crippen LogP contribution in [0.15, 0.2) is 0 Å². The van der Waals surface area contributed by atoms with Gasteiger partial charge in [0.2, 0.25) is 0 Å². The Hall–Kier alpha value is -1.32. The topological polar surface area (TPSA) is 38.1 Å². The summed E-state index contributed by atoms with van der Waals surface area (Å²) in [5.74, 6) is -3.77. The second-order valence-corrected chi connectivity index (χ2v) is 6.05. The van der Waals surface area contributed by atoms with Crippen LogP contribution in [0.2, 0.25) is 0 Å². The minimum atomic E-state index is -5.05. The van der Waals surface area contributed by atoms with Gasteiger partial charge in [0.05, 0.1) is 18.2 Å². The molecule has 0 aliphatic heterocycles. The highest BCUT2D eigenvalue weighted by molar-refractivity contribution is 5.38. The van der Waals surface area contributed by atoms with E-state index in [1.165, 1.54) is 0 Å². The standard InChI is InChI=1S/C13H13F7N2O/c14-5-1-6(15)3-7(2-5)22-8-4-12(16,17)11(23)9(8)10(21-22)13(18,19)20/h5-7,11,23H,1-4H2. The Kier molecular flexibility index (Phi) is 3.66. The van der Waals surface area contributed by atoms with Gasteiger partial charge >= 0.3 is 6.18 Å². The molecular weight excluding hydrogens is 333 g/mol. The van der Waals surface area contributed by atoms with Crippen molar-refractivity contribution in [2.45, 2.75) is 62.3 Å². The molecule has 1 saturated carbocycles. The summed E-state index contributed by atoms with van der Waals surface area (Å²) in [5, 5.41) is 12.8. The van der Waals surface area contributed by atoms with E-state index in [1.54, 1.807) is 0 Å². The summed E-state index contributed by atoms with van der Waals surface area (Å²) < 4.78 is 93.9. The maximum Gasteiger partial charge on any atom is 0.435 e. The first-order valence-electron chi connectivity index (χ1n) is 7.03. The van der Waals surface area contributed by atoms with Crippen LogP contribution in [0.3, 0.4) is 0 Å². The van der Waals surface area contributed by atoms with Gasteiger partial charge in [0.25, 0.3) is 5.92 Å². The van der Waals surface area contributed by atoms with Gasteiger partial charge in [0.15, 0.2) is 5.69 Å². The average molecular weight is 346 g/mol. The fourth-order valence-electron chi connectivity index (χ4n) is 3.34. The molecule has 1 aromatic heterocycles. The van der Waals surface area contributed by atoms with Gasteiger partial charge < -0.3 is 5.11 Å². The van der Waals surface area contributed by atoms with Crippen molar-refractivity contribution in [2.75, 3.05) is 0 Å². The van der Waals surface area contributed by atoms with Crippen molar-refractivity contribution < 1.29 is 35.8 Å². The van der Waals surface area contributed by atoms with E-state index in [9.17, 15) is 35.8 Å². The van der Waals surface area contributed by atoms with Crippen LogP contribution in [0.25, 0.3) is 0 Å². The van der Waals surface area contributed by atoms with E-state index in [1.807, 2.05) is 0 Å². The van der Waals surface area contributed by atoms with Crippen molar-refractivity contribution in [3.63, 3.8) is 0 Å². The van der Waals surface area contributed by atoms with E-state index in [0.29, 0.717) is 4.68 Å². The lowest BCUT2D eigenvalue weighted by atomic mass is 9.92. The molecule has 0 spiro atoms. The van der Waals surface area contributed by atoms with Crippen molar-refractivity contribution in [1.82, 2.24) is 9.78 Å². The van der Waals surface area contributed by atoms with Crippen LogP contribution in [0.4, 0.5) is 30.7 Å². The van der Waals surface area contributed by atoms with Gasteiger partial charge in [-0.3, -0.25) is 4.68 Å². The molecule has 0 bridgehead atoms. The summed E-state index contributed by atoms with van der Waals surface area (Å²) in [6.45, 7) is 0. The Labute approximate surface area is 126 Å². The maximum atomic E-state index is 13.6. The molecule has 1 heterocycles. The van der Waals surface area contributed by atoms with E-state index < -0.39 is 60.0 Å². The Balaban J connectivity index is 2.08. The zero-order valence-corrected chi connectivity index (χ0v) is 11.6. The Morgan fingerprint density at radius 1 is 1.09 bits per heavy atom. The van der Waals surface area contributed by atoms with Crippen LogP contribution in [-0.2, 0) is 12.6 Å². The summed E-state index contributed by atoms with van der Waals surface area (Å²) in [5.41, 5.74) is -3.10. The summed E-state index contributed by atoms with van der Waals surface area (Å²) in [6, 6.07) is -1.08. The van der Waals surface area contributed by atoms with Crippen LogP contribution in [0.1, 0.15) is 48.4 Å². The SMILES string of the molecule is OC1c2c(C(F)(F)F)nn(C3CC(F)CC(F)C3)c2CC1(F)F. The molecule has 1 aromatic rings. The molecule has 0 aromatic carbocycles. The van der Waals surface area contributed by atoms with E-state index in [2.05, 4.69) is 5.10 Å². The smallest absolute Gasteiger partial charge is 0.382 e. The molecule has 1 N–H and O–H groups in total. The number of rotatable bonds is 1. The van der Waals surface area contributed by atoms with Crippen LogP contribution >= 0.6 is 0 Å². The number of aromatic nitrogens is 2. The van der Waals surface area contributed by atoms with Gasteiger partial charge in [-0.1, -0.05) is 0 Å². The molecular formula is C13H13F7N2O. The lowest BCUT2D eigenvalue weighted by Crippen LogP contribution is -2.30. The summed E-state index contributed by atoms with van der Waals surface area (Å²) in [4.78, 5) is 0. The summed E-state index contributed by atoms with van der Waals surface area (Å²) >= 11 is 0.